The first kappa shape index (κ1) is 14.9. The number of fused-ring (bicyclic) bond motifs is 6. The van der Waals surface area contributed by atoms with E-state index < -0.39 is 0 Å². The van der Waals surface area contributed by atoms with Gasteiger partial charge in [0.05, 0.1) is 0 Å². The lowest BCUT2D eigenvalue weighted by molar-refractivity contribution is 0.451. The molecule has 2 aromatic carbocycles. The summed E-state index contributed by atoms with van der Waals surface area (Å²) in [4.78, 5) is 0. The van der Waals surface area contributed by atoms with Gasteiger partial charge >= 0.3 is 0 Å². The summed E-state index contributed by atoms with van der Waals surface area (Å²) in [7, 11) is 0. The Morgan fingerprint density at radius 1 is 0.957 bits per heavy atom. The molecule has 2 N–H and O–H groups in total. The third-order valence-electron chi connectivity index (χ3n) is 5.99. The monoisotopic (exact) mass is 310 g/mol. The van der Waals surface area contributed by atoms with E-state index in [9.17, 15) is 10.2 Å². The first-order valence-electron chi connectivity index (χ1n) is 9.21. The van der Waals surface area contributed by atoms with Crippen molar-refractivity contribution in [3.63, 3.8) is 0 Å². The Bertz CT molecular complexity index is 747. The van der Waals surface area contributed by atoms with E-state index in [4.69, 9.17) is 0 Å². The van der Waals surface area contributed by atoms with E-state index in [2.05, 4.69) is 13.0 Å². The number of benzene rings is 2. The van der Waals surface area contributed by atoms with Crippen molar-refractivity contribution in [1.82, 2.24) is 0 Å². The third kappa shape index (κ3) is 2.22. The number of hydrogen-bond acceptors (Lipinski definition) is 2. The zero-order valence-electron chi connectivity index (χ0n) is 13.9. The van der Waals surface area contributed by atoms with Gasteiger partial charge in [0.2, 0.25) is 0 Å². The van der Waals surface area contributed by atoms with Gasteiger partial charge in [0.25, 0.3) is 0 Å². The van der Waals surface area contributed by atoms with Crippen molar-refractivity contribution in [1.29, 1.82) is 0 Å². The fourth-order valence-corrected chi connectivity index (χ4v) is 4.89. The van der Waals surface area contributed by atoms with Crippen molar-refractivity contribution in [2.24, 2.45) is 0 Å². The zero-order chi connectivity index (χ0) is 16.0. The molecule has 2 heteroatoms. The second-order valence-corrected chi connectivity index (χ2v) is 7.38. The highest BCUT2D eigenvalue weighted by Gasteiger charge is 2.42. The van der Waals surface area contributed by atoms with Gasteiger partial charge in [-0.2, -0.15) is 0 Å². The lowest BCUT2D eigenvalue weighted by Crippen LogP contribution is -2.01. The van der Waals surface area contributed by atoms with Crippen molar-refractivity contribution in [2.75, 3.05) is 0 Å². The number of hydrogen-bond donors (Lipinski definition) is 2. The van der Waals surface area contributed by atoms with Gasteiger partial charge in [-0.3, -0.25) is 0 Å². The summed E-state index contributed by atoms with van der Waals surface area (Å²) in [6.07, 6.45) is 9.29. The molecular weight excluding hydrogens is 284 g/mol. The number of phenolic OH excluding ortho intramolecular Hbond substituents is 2. The standard InChI is InChI=1S/C21H26O2/c1-2-3-4-5-7-13-8-6-9-16-17(13)21(23)19-15-11-10-14(12-15)18(19)20(16)22/h6,8-9,14-15,22-23H,2-5,7,10-12H2,1H3. The number of phenols is 2. The van der Waals surface area contributed by atoms with Gasteiger partial charge in [-0.1, -0.05) is 44.4 Å². The van der Waals surface area contributed by atoms with Gasteiger partial charge in [0.15, 0.2) is 0 Å². The van der Waals surface area contributed by atoms with Gasteiger partial charge in [-0.05, 0) is 49.5 Å². The minimum Gasteiger partial charge on any atom is -0.507 e. The van der Waals surface area contributed by atoms with Crippen LogP contribution in [-0.2, 0) is 6.42 Å². The van der Waals surface area contributed by atoms with E-state index in [0.29, 0.717) is 23.3 Å². The molecule has 2 bridgehead atoms. The molecule has 2 unspecified atom stereocenters. The highest BCUT2D eigenvalue weighted by Crippen LogP contribution is 2.60. The summed E-state index contributed by atoms with van der Waals surface area (Å²) in [5.41, 5.74) is 3.30. The Kier molecular flexibility index (Phi) is 3.71. The predicted octanol–water partition coefficient (Wildman–Crippen LogP) is 5.74. The molecule has 2 aliphatic carbocycles. The molecule has 0 heterocycles. The minimum atomic E-state index is 0.440. The molecule has 1 saturated carbocycles. The van der Waals surface area contributed by atoms with Crippen molar-refractivity contribution in [3.8, 4) is 11.5 Å². The van der Waals surface area contributed by atoms with E-state index in [0.717, 1.165) is 54.0 Å². The number of aromatic hydroxyl groups is 2. The minimum absolute atomic E-state index is 0.440. The van der Waals surface area contributed by atoms with Crippen LogP contribution in [-0.4, -0.2) is 10.2 Å². The summed E-state index contributed by atoms with van der Waals surface area (Å²) in [6, 6.07) is 6.11. The van der Waals surface area contributed by atoms with Crippen LogP contribution in [0.1, 0.15) is 80.4 Å². The molecule has 0 aromatic heterocycles. The van der Waals surface area contributed by atoms with E-state index in [-0.39, 0.29) is 0 Å². The molecule has 2 atom stereocenters. The Morgan fingerprint density at radius 2 is 1.70 bits per heavy atom. The van der Waals surface area contributed by atoms with Crippen LogP contribution in [0.2, 0.25) is 0 Å². The number of rotatable bonds is 5. The van der Waals surface area contributed by atoms with Gasteiger partial charge in [0.1, 0.15) is 11.5 Å². The molecule has 23 heavy (non-hydrogen) atoms. The van der Waals surface area contributed by atoms with Crippen molar-refractivity contribution in [3.05, 3.63) is 34.9 Å². The van der Waals surface area contributed by atoms with E-state index >= 15 is 0 Å². The fourth-order valence-electron chi connectivity index (χ4n) is 4.89. The van der Waals surface area contributed by atoms with Crippen LogP contribution in [0.15, 0.2) is 18.2 Å². The third-order valence-corrected chi connectivity index (χ3v) is 5.99. The van der Waals surface area contributed by atoms with Gasteiger partial charge in [-0.25, -0.2) is 0 Å². The van der Waals surface area contributed by atoms with Crippen LogP contribution in [0.4, 0.5) is 0 Å². The van der Waals surface area contributed by atoms with Crippen molar-refractivity contribution in [2.45, 2.75) is 70.1 Å². The smallest absolute Gasteiger partial charge is 0.127 e. The van der Waals surface area contributed by atoms with E-state index in [1.165, 1.54) is 24.8 Å². The summed E-state index contributed by atoms with van der Waals surface area (Å²) >= 11 is 0. The fraction of sp³-hybridized carbons (Fsp3) is 0.524. The predicted molar refractivity (Wildman–Crippen MR) is 94.5 cm³/mol. The molecule has 2 aliphatic rings. The molecule has 0 radical (unpaired) electrons. The summed E-state index contributed by atoms with van der Waals surface area (Å²) in [6.45, 7) is 2.22. The quantitative estimate of drug-likeness (QED) is 0.546. The molecule has 2 aromatic rings. The van der Waals surface area contributed by atoms with Crippen LogP contribution in [0.25, 0.3) is 10.8 Å². The average molecular weight is 310 g/mol. The van der Waals surface area contributed by atoms with Crippen molar-refractivity contribution < 1.29 is 10.2 Å². The van der Waals surface area contributed by atoms with Gasteiger partial charge < -0.3 is 10.2 Å². The molecule has 0 spiro atoms. The maximum absolute atomic E-state index is 11.0. The molecule has 0 aliphatic heterocycles. The first-order chi connectivity index (χ1) is 11.2. The number of aryl methyl sites for hydroxylation is 1. The first-order valence-corrected chi connectivity index (χ1v) is 9.21. The highest BCUT2D eigenvalue weighted by atomic mass is 16.3. The Labute approximate surface area is 138 Å². The molecule has 4 rings (SSSR count). The Morgan fingerprint density at radius 3 is 2.43 bits per heavy atom. The lowest BCUT2D eigenvalue weighted by atomic mass is 9.85. The molecule has 2 nitrogen and oxygen atoms in total. The van der Waals surface area contributed by atoms with Gasteiger partial charge in [0, 0.05) is 21.9 Å². The second-order valence-electron chi connectivity index (χ2n) is 7.38. The summed E-state index contributed by atoms with van der Waals surface area (Å²) < 4.78 is 0. The average Bonchev–Trinajstić information content (AvgIpc) is 3.18. The number of unbranched alkanes of at least 4 members (excludes halogenated alkanes) is 3. The van der Waals surface area contributed by atoms with Crippen LogP contribution in [0.3, 0.4) is 0 Å². The van der Waals surface area contributed by atoms with E-state index in [1.54, 1.807) is 0 Å². The molecule has 0 amide bonds. The SMILES string of the molecule is CCCCCCc1cccc2c(O)c3c(c(O)c12)C1CCC3C1. The molecule has 1 fully saturated rings. The lowest BCUT2D eigenvalue weighted by Gasteiger charge is -2.21. The topological polar surface area (TPSA) is 40.5 Å². The van der Waals surface area contributed by atoms with Crippen LogP contribution >= 0.6 is 0 Å². The van der Waals surface area contributed by atoms with E-state index in [1.807, 2.05) is 12.1 Å². The maximum atomic E-state index is 11.0. The highest BCUT2D eigenvalue weighted by molar-refractivity contribution is 5.98. The second kappa shape index (κ2) is 5.74. The van der Waals surface area contributed by atoms with Crippen LogP contribution < -0.4 is 0 Å². The Balaban J connectivity index is 1.81. The summed E-state index contributed by atoms with van der Waals surface area (Å²) in [5.74, 6) is 1.82. The molecule has 122 valence electrons. The summed E-state index contributed by atoms with van der Waals surface area (Å²) in [5, 5.41) is 23.6. The largest absolute Gasteiger partial charge is 0.507 e. The Hall–Kier alpha value is -1.70. The zero-order valence-corrected chi connectivity index (χ0v) is 13.9. The molecular formula is C21H26O2. The van der Waals surface area contributed by atoms with Crippen LogP contribution in [0.5, 0.6) is 11.5 Å². The maximum Gasteiger partial charge on any atom is 0.127 e. The normalized spacial score (nSPS) is 22.0. The van der Waals surface area contributed by atoms with Gasteiger partial charge in [-0.15, -0.1) is 0 Å². The van der Waals surface area contributed by atoms with Crippen LogP contribution in [0, 0.1) is 0 Å². The van der Waals surface area contributed by atoms with Crippen molar-refractivity contribution >= 4 is 10.8 Å². The molecule has 0 saturated heterocycles.